The first-order valence-electron chi connectivity index (χ1n) is 6.16. The molecule has 1 heterocycles. The van der Waals surface area contributed by atoms with Crippen LogP contribution < -0.4 is 5.73 Å². The third-order valence-electron chi connectivity index (χ3n) is 3.06. The lowest BCUT2D eigenvalue weighted by Gasteiger charge is -2.08. The van der Waals surface area contributed by atoms with Crippen LogP contribution in [0.4, 0.5) is 5.69 Å². The van der Waals surface area contributed by atoms with Crippen LogP contribution in [0.2, 0.25) is 0 Å². The second kappa shape index (κ2) is 5.57. The Morgan fingerprint density at radius 1 is 1.05 bits per heavy atom. The van der Waals surface area contributed by atoms with Gasteiger partial charge in [-0.05, 0) is 85.1 Å². The van der Waals surface area contributed by atoms with E-state index in [4.69, 9.17) is 5.73 Å². The van der Waals surface area contributed by atoms with Crippen LogP contribution in [0, 0.1) is 6.92 Å². The van der Waals surface area contributed by atoms with Gasteiger partial charge in [-0.25, -0.2) is 0 Å². The molecule has 0 fully saturated rings. The molecule has 3 aromatic rings. The number of tetrazole rings is 1. The minimum Gasteiger partial charge on any atom is -0.398 e. The van der Waals surface area contributed by atoms with Crippen LogP contribution in [0.3, 0.4) is 0 Å². The van der Waals surface area contributed by atoms with E-state index in [9.17, 15) is 0 Å². The van der Waals surface area contributed by atoms with Crippen molar-refractivity contribution in [3.05, 3.63) is 50.9 Å². The predicted molar refractivity (Wildman–Crippen MR) is 89.1 cm³/mol. The fourth-order valence-electron chi connectivity index (χ4n) is 2.00. The molecule has 0 aliphatic carbocycles. The van der Waals surface area contributed by atoms with E-state index in [0.717, 1.165) is 25.8 Å². The largest absolute Gasteiger partial charge is 0.398 e. The van der Waals surface area contributed by atoms with E-state index < -0.39 is 0 Å². The van der Waals surface area contributed by atoms with Gasteiger partial charge in [-0.1, -0.05) is 6.07 Å². The van der Waals surface area contributed by atoms with Gasteiger partial charge in [-0.15, -0.1) is 5.10 Å². The van der Waals surface area contributed by atoms with Crippen molar-refractivity contribution in [2.24, 2.45) is 0 Å². The summed E-state index contributed by atoms with van der Waals surface area (Å²) in [7, 11) is 0. The van der Waals surface area contributed by atoms with Gasteiger partial charge in [0.1, 0.15) is 0 Å². The lowest BCUT2D eigenvalue weighted by molar-refractivity contribution is 0.788. The van der Waals surface area contributed by atoms with Crippen molar-refractivity contribution >= 4 is 37.5 Å². The molecule has 0 amide bonds. The summed E-state index contributed by atoms with van der Waals surface area (Å²) in [5, 5.41) is 12.0. The van der Waals surface area contributed by atoms with Crippen molar-refractivity contribution in [1.82, 2.24) is 20.2 Å². The number of rotatable bonds is 2. The Hall–Kier alpha value is -1.73. The average Bonchev–Trinajstić information content (AvgIpc) is 2.91. The highest BCUT2D eigenvalue weighted by Gasteiger charge is 2.14. The van der Waals surface area contributed by atoms with Gasteiger partial charge in [-0.2, -0.15) is 4.68 Å². The van der Waals surface area contributed by atoms with E-state index in [1.165, 1.54) is 0 Å². The lowest BCUT2D eigenvalue weighted by atomic mass is 10.2. The lowest BCUT2D eigenvalue weighted by Crippen LogP contribution is -2.01. The number of nitrogens with zero attached hydrogens (tertiary/aromatic N) is 4. The molecule has 0 radical (unpaired) electrons. The number of halogens is 2. The smallest absolute Gasteiger partial charge is 0.187 e. The molecule has 0 bridgehead atoms. The molecular weight excluding hydrogens is 398 g/mol. The molecular formula is C14H11Br2N5. The third-order valence-corrected chi connectivity index (χ3v) is 4.41. The highest BCUT2D eigenvalue weighted by atomic mass is 79.9. The van der Waals surface area contributed by atoms with E-state index in [-0.39, 0.29) is 0 Å². The van der Waals surface area contributed by atoms with E-state index in [2.05, 4.69) is 47.4 Å². The van der Waals surface area contributed by atoms with E-state index >= 15 is 0 Å². The van der Waals surface area contributed by atoms with Crippen molar-refractivity contribution in [1.29, 1.82) is 0 Å². The zero-order valence-electron chi connectivity index (χ0n) is 11.1. The fourth-order valence-corrected chi connectivity index (χ4v) is 2.90. The number of nitrogens with two attached hydrogens (primary N) is 1. The molecule has 2 aromatic carbocycles. The Balaban J connectivity index is 2.14. The standard InChI is InChI=1S/C14H11Br2N5/c1-8-2-5-13(11(16)6-8)21-14(18-19-20-21)9-3-4-10(15)12(17)7-9/h2-7H,17H2,1H3. The quantitative estimate of drug-likeness (QED) is 0.655. The summed E-state index contributed by atoms with van der Waals surface area (Å²) >= 11 is 6.94. The van der Waals surface area contributed by atoms with Crippen LogP contribution in [0.15, 0.2) is 45.3 Å². The number of anilines is 1. The van der Waals surface area contributed by atoms with Crippen LogP contribution >= 0.6 is 31.9 Å². The Labute approximate surface area is 138 Å². The van der Waals surface area contributed by atoms with Crippen molar-refractivity contribution < 1.29 is 0 Å². The van der Waals surface area contributed by atoms with Crippen LogP contribution in [0.1, 0.15) is 5.56 Å². The molecule has 3 rings (SSSR count). The van der Waals surface area contributed by atoms with E-state index in [1.54, 1.807) is 4.68 Å². The topological polar surface area (TPSA) is 69.6 Å². The molecule has 0 atom stereocenters. The van der Waals surface area contributed by atoms with Crippen molar-refractivity contribution in [3.8, 4) is 17.1 Å². The average molecular weight is 409 g/mol. The van der Waals surface area contributed by atoms with Crippen LogP contribution in [0.25, 0.3) is 17.1 Å². The molecule has 7 heteroatoms. The van der Waals surface area contributed by atoms with Crippen molar-refractivity contribution in [2.45, 2.75) is 6.92 Å². The number of aryl methyl sites for hydroxylation is 1. The first-order chi connectivity index (χ1) is 10.1. The number of hydrogen-bond donors (Lipinski definition) is 1. The first kappa shape index (κ1) is 14.2. The van der Waals surface area contributed by atoms with Gasteiger partial charge in [0.25, 0.3) is 0 Å². The van der Waals surface area contributed by atoms with Gasteiger partial charge in [-0.3, -0.25) is 0 Å². The van der Waals surface area contributed by atoms with Crippen LogP contribution in [-0.4, -0.2) is 20.2 Å². The molecule has 0 saturated carbocycles. The fraction of sp³-hybridized carbons (Fsp3) is 0.0714. The Kier molecular flexibility index (Phi) is 3.77. The molecule has 0 unspecified atom stereocenters. The molecule has 0 aliphatic heterocycles. The first-order valence-corrected chi connectivity index (χ1v) is 7.75. The number of benzene rings is 2. The minimum atomic E-state index is 0.638. The zero-order valence-corrected chi connectivity index (χ0v) is 14.3. The van der Waals surface area contributed by atoms with Gasteiger partial charge in [0.05, 0.1) is 5.69 Å². The van der Waals surface area contributed by atoms with Gasteiger partial charge in [0.15, 0.2) is 5.82 Å². The number of nitrogen functional groups attached to an aromatic ring is 1. The maximum atomic E-state index is 5.93. The summed E-state index contributed by atoms with van der Waals surface area (Å²) in [4.78, 5) is 0. The normalized spacial score (nSPS) is 10.8. The summed E-state index contributed by atoms with van der Waals surface area (Å²) in [5.74, 6) is 0.638. The third kappa shape index (κ3) is 2.71. The molecule has 1 aromatic heterocycles. The molecule has 21 heavy (non-hydrogen) atoms. The molecule has 106 valence electrons. The summed E-state index contributed by atoms with van der Waals surface area (Å²) in [6, 6.07) is 11.7. The molecule has 0 saturated heterocycles. The summed E-state index contributed by atoms with van der Waals surface area (Å²) in [5.41, 5.74) is 9.47. The van der Waals surface area contributed by atoms with E-state index in [1.807, 2.05) is 43.3 Å². The number of aromatic nitrogens is 4. The second-order valence-electron chi connectivity index (χ2n) is 4.61. The molecule has 0 aliphatic rings. The van der Waals surface area contributed by atoms with Gasteiger partial charge >= 0.3 is 0 Å². The van der Waals surface area contributed by atoms with Crippen molar-refractivity contribution in [2.75, 3.05) is 5.73 Å². The SMILES string of the molecule is Cc1ccc(-n2nnnc2-c2ccc(Br)c(N)c2)c(Br)c1. The molecule has 5 nitrogen and oxygen atoms in total. The maximum Gasteiger partial charge on any atom is 0.187 e. The van der Waals surface area contributed by atoms with Gasteiger partial charge in [0.2, 0.25) is 0 Å². The predicted octanol–water partition coefficient (Wildman–Crippen LogP) is 3.74. The Morgan fingerprint density at radius 3 is 2.57 bits per heavy atom. The molecule has 2 N–H and O–H groups in total. The van der Waals surface area contributed by atoms with Gasteiger partial charge < -0.3 is 5.73 Å². The summed E-state index contributed by atoms with van der Waals surface area (Å²) in [6.45, 7) is 2.03. The van der Waals surface area contributed by atoms with Crippen LogP contribution in [0.5, 0.6) is 0 Å². The second-order valence-corrected chi connectivity index (χ2v) is 6.31. The Bertz CT molecular complexity index is 813. The summed E-state index contributed by atoms with van der Waals surface area (Å²) < 4.78 is 3.47. The molecule has 0 spiro atoms. The Morgan fingerprint density at radius 2 is 1.86 bits per heavy atom. The zero-order chi connectivity index (χ0) is 15.0. The minimum absolute atomic E-state index is 0.638. The maximum absolute atomic E-state index is 5.93. The summed E-state index contributed by atoms with van der Waals surface area (Å²) in [6.07, 6.45) is 0. The number of hydrogen-bond acceptors (Lipinski definition) is 4. The monoisotopic (exact) mass is 407 g/mol. The van der Waals surface area contributed by atoms with Crippen molar-refractivity contribution in [3.63, 3.8) is 0 Å². The highest BCUT2D eigenvalue weighted by Crippen LogP contribution is 2.29. The van der Waals surface area contributed by atoms with Crippen LogP contribution in [-0.2, 0) is 0 Å². The van der Waals surface area contributed by atoms with E-state index in [0.29, 0.717) is 11.5 Å². The van der Waals surface area contributed by atoms with Gasteiger partial charge in [0, 0.05) is 20.2 Å². The highest BCUT2D eigenvalue weighted by molar-refractivity contribution is 9.11.